The third-order valence-corrected chi connectivity index (χ3v) is 2.54. The molecule has 4 N–H and O–H groups in total. The van der Waals surface area contributed by atoms with Crippen molar-refractivity contribution >= 4 is 5.82 Å². The fourth-order valence-corrected chi connectivity index (χ4v) is 1.66. The van der Waals surface area contributed by atoms with Crippen LogP contribution in [0.3, 0.4) is 0 Å². The monoisotopic (exact) mass is 229 g/mol. The van der Waals surface area contributed by atoms with Gasteiger partial charge in [-0.2, -0.15) is 0 Å². The highest BCUT2D eigenvalue weighted by Gasteiger charge is 2.14. The number of nitrogen functional groups attached to an aromatic ring is 1. The molecule has 1 atom stereocenters. The van der Waals surface area contributed by atoms with Crippen molar-refractivity contribution in [1.29, 1.82) is 0 Å². The van der Waals surface area contributed by atoms with Gasteiger partial charge in [0.2, 0.25) is 0 Å². The zero-order chi connectivity index (χ0) is 12.4. The van der Waals surface area contributed by atoms with Crippen molar-refractivity contribution < 1.29 is 0 Å². The van der Waals surface area contributed by atoms with E-state index in [1.807, 2.05) is 19.9 Å². The third kappa shape index (κ3) is 2.39. The van der Waals surface area contributed by atoms with Gasteiger partial charge in [-0.1, -0.05) is 0 Å². The van der Waals surface area contributed by atoms with E-state index in [0.29, 0.717) is 11.6 Å². The van der Waals surface area contributed by atoms with Crippen LogP contribution in [0.4, 0.5) is 5.82 Å². The fraction of sp³-hybridized carbons (Fsp3) is 0.250. The lowest BCUT2D eigenvalue weighted by Crippen LogP contribution is -2.17. The summed E-state index contributed by atoms with van der Waals surface area (Å²) in [6.07, 6.45) is 3.41. The van der Waals surface area contributed by atoms with E-state index in [1.54, 1.807) is 18.5 Å². The number of hydrogen-bond acceptors (Lipinski definition) is 5. The number of hydrogen-bond donors (Lipinski definition) is 2. The second-order valence-corrected chi connectivity index (χ2v) is 3.99. The highest BCUT2D eigenvalue weighted by Crippen LogP contribution is 2.22. The largest absolute Gasteiger partial charge is 0.383 e. The van der Waals surface area contributed by atoms with Crippen LogP contribution in [0.15, 0.2) is 24.5 Å². The predicted molar refractivity (Wildman–Crippen MR) is 66.2 cm³/mol. The van der Waals surface area contributed by atoms with Crippen LogP contribution >= 0.6 is 0 Å². The molecule has 0 spiro atoms. The first-order valence-corrected chi connectivity index (χ1v) is 5.35. The molecule has 0 bridgehead atoms. The van der Waals surface area contributed by atoms with E-state index < -0.39 is 0 Å². The van der Waals surface area contributed by atoms with Gasteiger partial charge in [0.15, 0.2) is 0 Å². The van der Waals surface area contributed by atoms with Crippen molar-refractivity contribution in [3.63, 3.8) is 0 Å². The summed E-state index contributed by atoms with van der Waals surface area (Å²) in [7, 11) is 0. The number of aryl methyl sites for hydroxylation is 2. The summed E-state index contributed by atoms with van der Waals surface area (Å²) >= 11 is 0. The molecule has 0 radical (unpaired) electrons. The molecule has 0 saturated carbocycles. The van der Waals surface area contributed by atoms with Crippen molar-refractivity contribution in [3.05, 3.63) is 47.2 Å². The maximum absolute atomic E-state index is 6.14. The van der Waals surface area contributed by atoms with Crippen molar-refractivity contribution in [2.45, 2.75) is 19.9 Å². The van der Waals surface area contributed by atoms with Gasteiger partial charge in [-0.25, -0.2) is 15.0 Å². The Bertz CT molecular complexity index is 538. The molecule has 0 amide bonds. The molecule has 88 valence electrons. The number of pyridine rings is 1. The van der Waals surface area contributed by atoms with Crippen LogP contribution in [0.2, 0.25) is 0 Å². The second-order valence-electron chi connectivity index (χ2n) is 3.99. The van der Waals surface area contributed by atoms with Gasteiger partial charge < -0.3 is 11.5 Å². The van der Waals surface area contributed by atoms with E-state index in [1.165, 1.54) is 0 Å². The van der Waals surface area contributed by atoms with E-state index in [2.05, 4.69) is 15.0 Å². The Labute approximate surface area is 99.9 Å². The van der Waals surface area contributed by atoms with Gasteiger partial charge in [0.25, 0.3) is 0 Å². The first-order valence-electron chi connectivity index (χ1n) is 5.35. The summed E-state index contributed by atoms with van der Waals surface area (Å²) in [5, 5.41) is 0. The van der Waals surface area contributed by atoms with Crippen molar-refractivity contribution in [2.24, 2.45) is 5.73 Å². The molecule has 0 aliphatic rings. The van der Waals surface area contributed by atoms with Crippen LogP contribution in [0.25, 0.3) is 0 Å². The summed E-state index contributed by atoms with van der Waals surface area (Å²) in [4.78, 5) is 12.4. The standard InChI is InChI=1S/C12H15N5/c1-7-5-9(12(14)16-6-7)11(13)10-3-4-15-8(2)17-10/h3-6,11H,13H2,1-2H3,(H2,14,16). The molecule has 17 heavy (non-hydrogen) atoms. The first kappa shape index (κ1) is 11.5. The minimum atomic E-state index is -0.371. The lowest BCUT2D eigenvalue weighted by molar-refractivity contribution is 0.804. The molecule has 5 nitrogen and oxygen atoms in total. The summed E-state index contributed by atoms with van der Waals surface area (Å²) in [5.41, 5.74) is 14.5. The van der Waals surface area contributed by atoms with Gasteiger partial charge >= 0.3 is 0 Å². The van der Waals surface area contributed by atoms with E-state index in [9.17, 15) is 0 Å². The molecule has 0 saturated heterocycles. The zero-order valence-electron chi connectivity index (χ0n) is 9.88. The molecule has 0 aliphatic heterocycles. The smallest absolute Gasteiger partial charge is 0.128 e. The average Bonchev–Trinajstić information content (AvgIpc) is 2.31. The Kier molecular flexibility index (Phi) is 3.01. The molecule has 2 aromatic rings. The van der Waals surface area contributed by atoms with Crippen molar-refractivity contribution in [2.75, 3.05) is 5.73 Å². The summed E-state index contributed by atoms with van der Waals surface area (Å²) in [6.45, 7) is 3.78. The van der Waals surface area contributed by atoms with Crippen LogP contribution < -0.4 is 11.5 Å². The van der Waals surface area contributed by atoms with Gasteiger partial charge in [0.1, 0.15) is 11.6 Å². The lowest BCUT2D eigenvalue weighted by Gasteiger charge is -2.14. The average molecular weight is 229 g/mol. The highest BCUT2D eigenvalue weighted by atomic mass is 14.9. The molecule has 1 unspecified atom stereocenters. The lowest BCUT2D eigenvalue weighted by atomic mass is 10.0. The quantitative estimate of drug-likeness (QED) is 0.805. The van der Waals surface area contributed by atoms with Gasteiger partial charge in [0, 0.05) is 18.0 Å². The number of rotatable bonds is 2. The molecule has 2 rings (SSSR count). The van der Waals surface area contributed by atoms with E-state index in [-0.39, 0.29) is 6.04 Å². The number of anilines is 1. The number of nitrogens with zero attached hydrogens (tertiary/aromatic N) is 3. The van der Waals surface area contributed by atoms with Crippen molar-refractivity contribution in [1.82, 2.24) is 15.0 Å². The Morgan fingerprint density at radius 1 is 1.24 bits per heavy atom. The maximum Gasteiger partial charge on any atom is 0.128 e. The zero-order valence-corrected chi connectivity index (χ0v) is 9.88. The molecule has 0 aromatic carbocycles. The van der Waals surface area contributed by atoms with Crippen LogP contribution in [0, 0.1) is 13.8 Å². The van der Waals surface area contributed by atoms with Gasteiger partial charge in [-0.05, 0) is 31.5 Å². The third-order valence-electron chi connectivity index (χ3n) is 2.54. The fourth-order valence-electron chi connectivity index (χ4n) is 1.66. The van der Waals surface area contributed by atoms with Gasteiger partial charge in [-0.3, -0.25) is 0 Å². The Balaban J connectivity index is 2.43. The Morgan fingerprint density at radius 2 is 2.00 bits per heavy atom. The minimum absolute atomic E-state index is 0.371. The molecule has 2 aromatic heterocycles. The van der Waals surface area contributed by atoms with E-state index in [4.69, 9.17) is 11.5 Å². The Morgan fingerprint density at radius 3 is 2.71 bits per heavy atom. The van der Waals surface area contributed by atoms with Crippen LogP contribution in [0.5, 0.6) is 0 Å². The molecular weight excluding hydrogens is 214 g/mol. The minimum Gasteiger partial charge on any atom is -0.383 e. The molecule has 5 heteroatoms. The predicted octanol–water partition coefficient (Wildman–Crippen LogP) is 1.12. The molecule has 2 heterocycles. The Hall–Kier alpha value is -2.01. The SMILES string of the molecule is Cc1cnc(N)c(C(N)c2ccnc(C)n2)c1. The molecule has 0 aliphatic carbocycles. The maximum atomic E-state index is 6.14. The summed E-state index contributed by atoms with van der Waals surface area (Å²) in [6, 6.07) is 3.35. The van der Waals surface area contributed by atoms with Crippen LogP contribution in [-0.2, 0) is 0 Å². The normalized spacial score (nSPS) is 12.4. The van der Waals surface area contributed by atoms with Crippen LogP contribution in [0.1, 0.15) is 28.7 Å². The van der Waals surface area contributed by atoms with E-state index >= 15 is 0 Å². The van der Waals surface area contributed by atoms with E-state index in [0.717, 1.165) is 16.8 Å². The summed E-state index contributed by atoms with van der Waals surface area (Å²) < 4.78 is 0. The number of aromatic nitrogens is 3. The highest BCUT2D eigenvalue weighted by molar-refractivity contribution is 5.45. The second kappa shape index (κ2) is 4.47. The van der Waals surface area contributed by atoms with Crippen molar-refractivity contribution in [3.8, 4) is 0 Å². The molecular formula is C12H15N5. The summed E-state index contributed by atoms with van der Waals surface area (Å²) in [5.74, 6) is 1.14. The van der Waals surface area contributed by atoms with Crippen LogP contribution in [-0.4, -0.2) is 15.0 Å². The van der Waals surface area contributed by atoms with Gasteiger partial charge in [-0.15, -0.1) is 0 Å². The molecule has 0 fully saturated rings. The van der Waals surface area contributed by atoms with Gasteiger partial charge in [0.05, 0.1) is 11.7 Å². The first-order chi connectivity index (χ1) is 8.08. The topological polar surface area (TPSA) is 90.7 Å². The number of nitrogens with two attached hydrogens (primary N) is 2.